The quantitative estimate of drug-likeness (QED) is 0.739. The van der Waals surface area contributed by atoms with Crippen LogP contribution in [0.4, 0.5) is 0 Å². The van der Waals surface area contributed by atoms with E-state index in [-0.39, 0.29) is 5.92 Å². The number of sulfonamides is 1. The number of hydrogen-bond acceptors (Lipinski definition) is 3. The molecule has 1 saturated carbocycles. The van der Waals surface area contributed by atoms with Crippen LogP contribution in [-0.4, -0.2) is 27.3 Å². The van der Waals surface area contributed by atoms with E-state index >= 15 is 0 Å². The lowest BCUT2D eigenvalue weighted by atomic mass is 9.91. The summed E-state index contributed by atoms with van der Waals surface area (Å²) in [6.07, 6.45) is 5.74. The van der Waals surface area contributed by atoms with Gasteiger partial charge in [-0.15, -0.1) is 0 Å². The number of hydrogen-bond donors (Lipinski definition) is 2. The Balaban J connectivity index is 2.32. The molecule has 0 heterocycles. The first kappa shape index (κ1) is 13.9. The molecule has 0 aromatic rings. The van der Waals surface area contributed by atoms with Crippen molar-refractivity contribution < 1.29 is 8.42 Å². The van der Waals surface area contributed by atoms with Crippen molar-refractivity contribution in [3.8, 4) is 0 Å². The highest BCUT2D eigenvalue weighted by Crippen LogP contribution is 2.24. The van der Waals surface area contributed by atoms with Crippen LogP contribution >= 0.6 is 0 Å². The molecule has 5 heteroatoms. The van der Waals surface area contributed by atoms with Crippen molar-refractivity contribution in [1.29, 1.82) is 0 Å². The number of nitrogens with two attached hydrogens (primary N) is 1. The molecular formula is C11H24N2O2S. The van der Waals surface area contributed by atoms with Crippen molar-refractivity contribution in [2.24, 2.45) is 17.6 Å². The minimum atomic E-state index is -3.09. The molecule has 96 valence electrons. The molecule has 0 amide bonds. The minimum absolute atomic E-state index is 0.209. The van der Waals surface area contributed by atoms with Gasteiger partial charge < -0.3 is 5.73 Å². The van der Waals surface area contributed by atoms with E-state index < -0.39 is 10.0 Å². The van der Waals surface area contributed by atoms with Gasteiger partial charge in [-0.1, -0.05) is 26.2 Å². The standard InChI is InChI=1S/C11H24N2O2S/c1-10(7-12)8-13-16(14,15)9-11-5-3-2-4-6-11/h10-11,13H,2-9,12H2,1H3. The topological polar surface area (TPSA) is 72.2 Å². The van der Waals surface area contributed by atoms with Gasteiger partial charge in [0.2, 0.25) is 10.0 Å². The maximum Gasteiger partial charge on any atom is 0.211 e. The van der Waals surface area contributed by atoms with Crippen molar-refractivity contribution in [1.82, 2.24) is 4.72 Å². The number of nitrogens with one attached hydrogen (secondary N) is 1. The predicted octanol–water partition coefficient (Wildman–Crippen LogP) is 1.08. The Morgan fingerprint density at radius 2 is 1.94 bits per heavy atom. The minimum Gasteiger partial charge on any atom is -0.330 e. The van der Waals surface area contributed by atoms with Gasteiger partial charge >= 0.3 is 0 Å². The van der Waals surface area contributed by atoms with Crippen LogP contribution in [0.15, 0.2) is 0 Å². The molecule has 0 aromatic heterocycles. The van der Waals surface area contributed by atoms with Gasteiger partial charge in [-0.2, -0.15) is 0 Å². The molecular weight excluding hydrogens is 224 g/mol. The van der Waals surface area contributed by atoms with Crippen molar-refractivity contribution in [3.63, 3.8) is 0 Å². The Labute approximate surface area is 99.0 Å². The van der Waals surface area contributed by atoms with Gasteiger partial charge in [0.05, 0.1) is 5.75 Å². The zero-order chi connectivity index (χ0) is 12.0. The molecule has 1 aliphatic carbocycles. The first-order chi connectivity index (χ1) is 7.53. The highest BCUT2D eigenvalue weighted by molar-refractivity contribution is 7.89. The van der Waals surface area contributed by atoms with E-state index in [1.165, 1.54) is 19.3 Å². The summed E-state index contributed by atoms with van der Waals surface area (Å²) < 4.78 is 26.2. The summed E-state index contributed by atoms with van der Waals surface area (Å²) in [6.45, 7) is 2.93. The number of rotatable bonds is 6. The van der Waals surface area contributed by atoms with Gasteiger partial charge in [-0.05, 0) is 31.2 Å². The molecule has 3 N–H and O–H groups in total. The summed E-state index contributed by atoms with van der Waals surface area (Å²) in [4.78, 5) is 0. The maximum absolute atomic E-state index is 11.8. The zero-order valence-electron chi connectivity index (χ0n) is 10.1. The van der Waals surface area contributed by atoms with Gasteiger partial charge in [0, 0.05) is 6.54 Å². The van der Waals surface area contributed by atoms with Crippen LogP contribution in [0, 0.1) is 11.8 Å². The smallest absolute Gasteiger partial charge is 0.211 e. The Morgan fingerprint density at radius 3 is 2.50 bits per heavy atom. The van der Waals surface area contributed by atoms with Gasteiger partial charge in [-0.3, -0.25) is 0 Å². The molecule has 4 nitrogen and oxygen atoms in total. The molecule has 0 aromatic carbocycles. The lowest BCUT2D eigenvalue weighted by Crippen LogP contribution is -2.35. The first-order valence-corrected chi connectivity index (χ1v) is 7.86. The van der Waals surface area contributed by atoms with Crippen LogP contribution in [0.25, 0.3) is 0 Å². The highest BCUT2D eigenvalue weighted by Gasteiger charge is 2.21. The SMILES string of the molecule is CC(CN)CNS(=O)(=O)CC1CCCCC1. The summed E-state index contributed by atoms with van der Waals surface area (Å²) in [7, 11) is -3.09. The summed E-state index contributed by atoms with van der Waals surface area (Å²) in [5.74, 6) is 0.866. The van der Waals surface area contributed by atoms with E-state index in [0.717, 1.165) is 12.8 Å². The summed E-state index contributed by atoms with van der Waals surface area (Å²) in [5.41, 5.74) is 5.45. The summed E-state index contributed by atoms with van der Waals surface area (Å²) in [5, 5.41) is 0. The molecule has 0 spiro atoms. The van der Waals surface area contributed by atoms with Gasteiger partial charge in [0.15, 0.2) is 0 Å². The Kier molecular flexibility index (Phi) is 5.72. The third kappa shape index (κ3) is 5.27. The van der Waals surface area contributed by atoms with Crippen LogP contribution in [0.5, 0.6) is 0 Å². The molecule has 1 rings (SSSR count). The van der Waals surface area contributed by atoms with E-state index in [4.69, 9.17) is 5.73 Å². The maximum atomic E-state index is 11.8. The fraction of sp³-hybridized carbons (Fsp3) is 1.00. The van der Waals surface area contributed by atoms with Gasteiger partial charge in [0.25, 0.3) is 0 Å². The van der Waals surface area contributed by atoms with Crippen LogP contribution in [0.3, 0.4) is 0 Å². The lowest BCUT2D eigenvalue weighted by Gasteiger charge is -2.21. The predicted molar refractivity (Wildman–Crippen MR) is 66.6 cm³/mol. The molecule has 0 saturated heterocycles. The Morgan fingerprint density at radius 1 is 1.31 bits per heavy atom. The fourth-order valence-electron chi connectivity index (χ4n) is 2.08. The van der Waals surface area contributed by atoms with Crippen LogP contribution < -0.4 is 10.5 Å². The Bertz CT molecular complexity index is 284. The second-order valence-corrected chi connectivity index (χ2v) is 6.83. The van der Waals surface area contributed by atoms with Crippen LogP contribution in [0.1, 0.15) is 39.0 Å². The average molecular weight is 248 g/mol. The van der Waals surface area contributed by atoms with E-state index in [9.17, 15) is 8.42 Å². The van der Waals surface area contributed by atoms with E-state index in [0.29, 0.717) is 24.8 Å². The van der Waals surface area contributed by atoms with Gasteiger partial charge in [0.1, 0.15) is 0 Å². The second-order valence-electron chi connectivity index (χ2n) is 4.97. The average Bonchev–Trinajstić information content (AvgIpc) is 2.27. The van der Waals surface area contributed by atoms with E-state index in [1.807, 2.05) is 6.92 Å². The Hall–Kier alpha value is -0.130. The van der Waals surface area contributed by atoms with Crippen molar-refractivity contribution in [2.75, 3.05) is 18.8 Å². The van der Waals surface area contributed by atoms with Crippen molar-refractivity contribution in [3.05, 3.63) is 0 Å². The molecule has 0 aliphatic heterocycles. The molecule has 0 radical (unpaired) electrons. The normalized spacial score (nSPS) is 20.9. The molecule has 1 fully saturated rings. The van der Waals surface area contributed by atoms with Crippen molar-refractivity contribution >= 4 is 10.0 Å². The molecule has 1 atom stereocenters. The van der Waals surface area contributed by atoms with Crippen molar-refractivity contribution in [2.45, 2.75) is 39.0 Å². The van der Waals surface area contributed by atoms with Crippen LogP contribution in [0.2, 0.25) is 0 Å². The molecule has 1 unspecified atom stereocenters. The second kappa shape index (κ2) is 6.57. The summed E-state index contributed by atoms with van der Waals surface area (Å²) >= 11 is 0. The molecule has 1 aliphatic rings. The third-order valence-electron chi connectivity index (χ3n) is 3.23. The van der Waals surface area contributed by atoms with Crippen LogP contribution in [-0.2, 0) is 10.0 Å². The molecule has 16 heavy (non-hydrogen) atoms. The van der Waals surface area contributed by atoms with E-state index in [2.05, 4.69) is 4.72 Å². The largest absolute Gasteiger partial charge is 0.330 e. The third-order valence-corrected chi connectivity index (χ3v) is 4.75. The zero-order valence-corrected chi connectivity index (χ0v) is 10.9. The van der Waals surface area contributed by atoms with E-state index in [1.54, 1.807) is 0 Å². The van der Waals surface area contributed by atoms with Gasteiger partial charge in [-0.25, -0.2) is 13.1 Å². The fourth-order valence-corrected chi connectivity index (χ4v) is 3.69. The molecule has 0 bridgehead atoms. The lowest BCUT2D eigenvalue weighted by molar-refractivity contribution is 0.383. The highest BCUT2D eigenvalue weighted by atomic mass is 32.2. The summed E-state index contributed by atoms with van der Waals surface area (Å²) in [6, 6.07) is 0. The first-order valence-electron chi connectivity index (χ1n) is 6.21. The monoisotopic (exact) mass is 248 g/mol.